The lowest BCUT2D eigenvalue weighted by atomic mass is 10.2. The van der Waals surface area contributed by atoms with Crippen LogP contribution >= 0.6 is 0 Å². The molecule has 3 fully saturated rings. The third-order valence-corrected chi connectivity index (χ3v) is 3.02. The summed E-state index contributed by atoms with van der Waals surface area (Å²) in [5.41, 5.74) is -0.328. The molecule has 74 valence electrons. The SMILES string of the molecule is CC1(C)O[C@H]2OC3(CC3O)C[C@H]2O1. The Morgan fingerprint density at radius 2 is 1.85 bits per heavy atom. The van der Waals surface area contributed by atoms with E-state index in [4.69, 9.17) is 14.2 Å². The normalized spacial score (nSPS) is 57.0. The van der Waals surface area contributed by atoms with Gasteiger partial charge in [-0.25, -0.2) is 0 Å². The van der Waals surface area contributed by atoms with Gasteiger partial charge in [0, 0.05) is 12.8 Å². The van der Waals surface area contributed by atoms with Crippen LogP contribution in [0.1, 0.15) is 26.7 Å². The van der Waals surface area contributed by atoms with Crippen molar-refractivity contribution >= 4 is 0 Å². The first-order chi connectivity index (χ1) is 6.01. The second-order valence-electron chi connectivity index (χ2n) is 4.65. The molecule has 0 bridgehead atoms. The van der Waals surface area contributed by atoms with Crippen LogP contribution in [0.5, 0.6) is 0 Å². The Kier molecular flexibility index (Phi) is 1.31. The largest absolute Gasteiger partial charge is 0.390 e. The second-order valence-corrected chi connectivity index (χ2v) is 4.65. The average Bonchev–Trinajstić information content (AvgIpc) is 2.30. The van der Waals surface area contributed by atoms with Crippen molar-refractivity contribution in [3.05, 3.63) is 0 Å². The minimum Gasteiger partial charge on any atom is -0.390 e. The Bertz CT molecular complexity index is 234. The molecule has 0 radical (unpaired) electrons. The average molecular weight is 186 g/mol. The summed E-state index contributed by atoms with van der Waals surface area (Å²) in [6.07, 6.45) is 0.919. The molecule has 1 saturated carbocycles. The number of hydrogen-bond donors (Lipinski definition) is 1. The molecule has 4 nitrogen and oxygen atoms in total. The van der Waals surface area contributed by atoms with E-state index in [9.17, 15) is 5.11 Å². The van der Waals surface area contributed by atoms with Crippen LogP contribution < -0.4 is 0 Å². The van der Waals surface area contributed by atoms with Crippen molar-refractivity contribution in [1.29, 1.82) is 0 Å². The van der Waals surface area contributed by atoms with E-state index in [0.29, 0.717) is 0 Å². The zero-order valence-corrected chi connectivity index (χ0v) is 7.82. The van der Waals surface area contributed by atoms with Crippen molar-refractivity contribution in [3.8, 4) is 0 Å². The molecule has 4 heteroatoms. The predicted molar refractivity (Wildman–Crippen MR) is 42.9 cm³/mol. The van der Waals surface area contributed by atoms with Crippen LogP contribution in [0.4, 0.5) is 0 Å². The summed E-state index contributed by atoms with van der Waals surface area (Å²) in [6.45, 7) is 3.76. The van der Waals surface area contributed by atoms with E-state index in [1.807, 2.05) is 13.8 Å². The summed E-state index contributed by atoms with van der Waals surface area (Å²) in [5.74, 6) is -0.531. The quantitative estimate of drug-likeness (QED) is 0.594. The molecule has 2 aliphatic heterocycles. The molecule has 1 aliphatic carbocycles. The fraction of sp³-hybridized carbons (Fsp3) is 1.00. The van der Waals surface area contributed by atoms with Gasteiger partial charge in [0.2, 0.25) is 0 Å². The maximum absolute atomic E-state index is 9.37. The molecule has 4 atom stereocenters. The van der Waals surface area contributed by atoms with Crippen LogP contribution in [0.15, 0.2) is 0 Å². The predicted octanol–water partition coefficient (Wildman–Crippen LogP) is 0.388. The Labute approximate surface area is 76.8 Å². The number of aliphatic hydroxyl groups is 1. The first-order valence-corrected chi connectivity index (χ1v) is 4.72. The summed E-state index contributed by atoms with van der Waals surface area (Å²) in [4.78, 5) is 0. The third-order valence-electron chi connectivity index (χ3n) is 3.02. The summed E-state index contributed by atoms with van der Waals surface area (Å²) < 4.78 is 16.8. The molecule has 0 aromatic carbocycles. The maximum Gasteiger partial charge on any atom is 0.188 e. The molecule has 2 unspecified atom stereocenters. The topological polar surface area (TPSA) is 47.9 Å². The summed E-state index contributed by atoms with van der Waals surface area (Å²) >= 11 is 0. The van der Waals surface area contributed by atoms with Crippen molar-refractivity contribution in [1.82, 2.24) is 0 Å². The van der Waals surface area contributed by atoms with Crippen LogP contribution in [0.2, 0.25) is 0 Å². The second kappa shape index (κ2) is 2.08. The van der Waals surface area contributed by atoms with Crippen molar-refractivity contribution in [2.45, 2.75) is 56.6 Å². The monoisotopic (exact) mass is 186 g/mol. The van der Waals surface area contributed by atoms with Gasteiger partial charge >= 0.3 is 0 Å². The van der Waals surface area contributed by atoms with E-state index in [-0.39, 0.29) is 24.1 Å². The Morgan fingerprint density at radius 1 is 1.15 bits per heavy atom. The molecule has 3 aliphatic rings. The minimum absolute atomic E-state index is 0.00662. The van der Waals surface area contributed by atoms with E-state index >= 15 is 0 Å². The van der Waals surface area contributed by atoms with Crippen LogP contribution in [0.25, 0.3) is 0 Å². The Hall–Kier alpha value is -0.160. The number of rotatable bonds is 0. The highest BCUT2D eigenvalue weighted by Gasteiger charge is 2.66. The van der Waals surface area contributed by atoms with Crippen molar-refractivity contribution in [2.24, 2.45) is 0 Å². The summed E-state index contributed by atoms with van der Waals surface area (Å²) in [7, 11) is 0. The highest BCUT2D eigenvalue weighted by molar-refractivity contribution is 5.12. The smallest absolute Gasteiger partial charge is 0.188 e. The molecule has 0 aromatic heterocycles. The number of hydrogen-bond acceptors (Lipinski definition) is 4. The van der Waals surface area contributed by atoms with E-state index in [0.717, 1.165) is 12.8 Å². The highest BCUT2D eigenvalue weighted by atomic mass is 16.8. The van der Waals surface area contributed by atoms with Gasteiger partial charge < -0.3 is 19.3 Å². The van der Waals surface area contributed by atoms with Crippen LogP contribution in [0.3, 0.4) is 0 Å². The fourth-order valence-corrected chi connectivity index (χ4v) is 2.28. The highest BCUT2D eigenvalue weighted by Crippen LogP contribution is 2.53. The lowest BCUT2D eigenvalue weighted by Crippen LogP contribution is -2.26. The van der Waals surface area contributed by atoms with Crippen molar-refractivity contribution < 1.29 is 19.3 Å². The van der Waals surface area contributed by atoms with Gasteiger partial charge in [-0.15, -0.1) is 0 Å². The lowest BCUT2D eigenvalue weighted by molar-refractivity contribution is -0.212. The van der Waals surface area contributed by atoms with E-state index in [1.54, 1.807) is 0 Å². The van der Waals surface area contributed by atoms with Gasteiger partial charge in [-0.1, -0.05) is 0 Å². The van der Waals surface area contributed by atoms with Gasteiger partial charge in [-0.05, 0) is 13.8 Å². The lowest BCUT2D eigenvalue weighted by Gasteiger charge is -2.20. The van der Waals surface area contributed by atoms with Crippen LogP contribution in [0, 0.1) is 0 Å². The molecule has 2 saturated heterocycles. The van der Waals surface area contributed by atoms with Gasteiger partial charge in [0.15, 0.2) is 12.1 Å². The zero-order valence-electron chi connectivity index (χ0n) is 7.82. The number of aliphatic hydroxyl groups excluding tert-OH is 1. The molecule has 13 heavy (non-hydrogen) atoms. The first kappa shape index (κ1) is 8.17. The fourth-order valence-electron chi connectivity index (χ4n) is 2.28. The van der Waals surface area contributed by atoms with E-state index in [2.05, 4.69) is 0 Å². The van der Waals surface area contributed by atoms with E-state index < -0.39 is 5.79 Å². The number of ether oxygens (including phenoxy) is 3. The van der Waals surface area contributed by atoms with E-state index in [1.165, 1.54) is 0 Å². The molecule has 3 rings (SSSR count). The molecular formula is C9H14O4. The van der Waals surface area contributed by atoms with Crippen LogP contribution in [-0.4, -0.2) is 35.0 Å². The maximum atomic E-state index is 9.37. The van der Waals surface area contributed by atoms with Gasteiger partial charge in [0.25, 0.3) is 0 Å². The number of fused-ring (bicyclic) bond motifs is 1. The van der Waals surface area contributed by atoms with Gasteiger partial charge in [0.05, 0.1) is 6.10 Å². The molecule has 2 heterocycles. The van der Waals surface area contributed by atoms with Crippen molar-refractivity contribution in [2.75, 3.05) is 0 Å². The molecule has 1 spiro atoms. The van der Waals surface area contributed by atoms with Gasteiger partial charge in [-0.2, -0.15) is 0 Å². The first-order valence-electron chi connectivity index (χ1n) is 4.72. The van der Waals surface area contributed by atoms with Gasteiger partial charge in [-0.3, -0.25) is 0 Å². The minimum atomic E-state index is -0.531. The molecular weight excluding hydrogens is 172 g/mol. The Balaban J connectivity index is 1.75. The zero-order chi connectivity index (χ0) is 9.27. The Morgan fingerprint density at radius 3 is 2.38 bits per heavy atom. The summed E-state index contributed by atoms with van der Waals surface area (Å²) in [6, 6.07) is 0. The molecule has 0 aromatic rings. The van der Waals surface area contributed by atoms with Gasteiger partial charge in [0.1, 0.15) is 11.7 Å². The third kappa shape index (κ3) is 1.06. The summed E-state index contributed by atoms with van der Waals surface area (Å²) in [5, 5.41) is 9.37. The van der Waals surface area contributed by atoms with Crippen molar-refractivity contribution in [3.63, 3.8) is 0 Å². The molecule has 1 N–H and O–H groups in total. The standard InChI is InChI=1S/C9H14O4/c1-8(2)11-5-3-9(4-6(9)10)13-7(5)12-8/h5-7,10H,3-4H2,1-2H3/t5-,6?,7+,9?/m1/s1. The van der Waals surface area contributed by atoms with Crippen LogP contribution in [-0.2, 0) is 14.2 Å². The molecule has 0 amide bonds.